The summed E-state index contributed by atoms with van der Waals surface area (Å²) in [6.07, 6.45) is 0. The van der Waals surface area contributed by atoms with Crippen molar-refractivity contribution in [1.29, 1.82) is 0 Å². The van der Waals surface area contributed by atoms with E-state index in [1.165, 1.54) is 18.9 Å². The number of thioether (sulfide) groups is 1. The molecule has 0 spiro atoms. The van der Waals surface area contributed by atoms with Gasteiger partial charge < -0.3 is 4.74 Å². The molecule has 28 heavy (non-hydrogen) atoms. The Labute approximate surface area is 166 Å². The minimum Gasteiger partial charge on any atom is -0.465 e. The fourth-order valence-corrected chi connectivity index (χ4v) is 4.27. The van der Waals surface area contributed by atoms with Gasteiger partial charge in [0.05, 0.1) is 23.9 Å². The quantitative estimate of drug-likeness (QED) is 0.386. The van der Waals surface area contributed by atoms with Crippen LogP contribution in [0.1, 0.15) is 33.0 Å². The molecule has 4 rings (SSSR count). The molecular weight excluding hydrogens is 374 g/mol. The molecule has 0 bridgehead atoms. The minimum atomic E-state index is -0.383. The van der Waals surface area contributed by atoms with E-state index in [1.54, 1.807) is 0 Å². The molecule has 0 aliphatic rings. The zero-order valence-electron chi connectivity index (χ0n) is 16.1. The number of benzene rings is 1. The van der Waals surface area contributed by atoms with E-state index in [0.717, 1.165) is 27.9 Å². The van der Waals surface area contributed by atoms with Gasteiger partial charge in [-0.25, -0.2) is 9.78 Å². The van der Waals surface area contributed by atoms with Gasteiger partial charge in [-0.2, -0.15) is 0 Å². The van der Waals surface area contributed by atoms with Crippen molar-refractivity contribution in [1.82, 2.24) is 24.6 Å². The number of fused-ring (bicyclic) bond motifs is 2. The summed E-state index contributed by atoms with van der Waals surface area (Å²) in [6, 6.07) is 9.77. The third-order valence-corrected chi connectivity index (χ3v) is 5.56. The number of carbonyl (C=O) groups excluding carboxylic acids is 1. The summed E-state index contributed by atoms with van der Waals surface area (Å²) >= 11 is 1.47. The molecule has 3 heterocycles. The molecule has 142 valence electrons. The van der Waals surface area contributed by atoms with Crippen molar-refractivity contribution in [2.45, 2.75) is 31.7 Å². The molecule has 0 aliphatic heterocycles. The number of aromatic nitrogens is 5. The number of pyridine rings is 1. The summed E-state index contributed by atoms with van der Waals surface area (Å²) in [5.41, 5.74) is 4.80. The SMILES string of the molecule is COC(=O)c1c(CSc2nnc3nc(C)cc(C)n23)nc2ccccc2c1C. The topological polar surface area (TPSA) is 82.3 Å². The molecule has 7 nitrogen and oxygen atoms in total. The number of esters is 1. The maximum Gasteiger partial charge on any atom is 0.340 e. The van der Waals surface area contributed by atoms with Crippen LogP contribution in [0.3, 0.4) is 0 Å². The summed E-state index contributed by atoms with van der Waals surface area (Å²) in [5, 5.41) is 10.1. The molecule has 0 amide bonds. The molecule has 3 aromatic heterocycles. The number of methoxy groups -OCH3 is 1. The van der Waals surface area contributed by atoms with E-state index < -0.39 is 0 Å². The second-order valence-electron chi connectivity index (χ2n) is 6.51. The zero-order chi connectivity index (χ0) is 19.8. The maximum absolute atomic E-state index is 12.4. The van der Waals surface area contributed by atoms with Crippen molar-refractivity contribution in [3.8, 4) is 0 Å². The first-order valence-electron chi connectivity index (χ1n) is 8.78. The molecule has 0 radical (unpaired) electrons. The van der Waals surface area contributed by atoms with Gasteiger partial charge in [0.15, 0.2) is 5.16 Å². The highest BCUT2D eigenvalue weighted by Gasteiger charge is 2.20. The van der Waals surface area contributed by atoms with Crippen LogP contribution in [0, 0.1) is 20.8 Å². The van der Waals surface area contributed by atoms with Gasteiger partial charge >= 0.3 is 5.97 Å². The summed E-state index contributed by atoms with van der Waals surface area (Å²) < 4.78 is 6.92. The van der Waals surface area contributed by atoms with E-state index in [9.17, 15) is 4.79 Å². The van der Waals surface area contributed by atoms with E-state index in [2.05, 4.69) is 15.2 Å². The highest BCUT2D eigenvalue weighted by molar-refractivity contribution is 7.98. The Balaban J connectivity index is 1.77. The Kier molecular flexibility index (Phi) is 4.72. The number of nitrogens with zero attached hydrogens (tertiary/aromatic N) is 5. The number of hydrogen-bond acceptors (Lipinski definition) is 7. The highest BCUT2D eigenvalue weighted by atomic mass is 32.2. The van der Waals surface area contributed by atoms with E-state index in [4.69, 9.17) is 9.72 Å². The molecule has 0 atom stereocenters. The number of hydrogen-bond donors (Lipinski definition) is 0. The fourth-order valence-electron chi connectivity index (χ4n) is 3.34. The number of carbonyl (C=O) groups is 1. The van der Waals surface area contributed by atoms with E-state index in [1.807, 2.05) is 55.5 Å². The van der Waals surface area contributed by atoms with Gasteiger partial charge in [-0.3, -0.25) is 9.38 Å². The second kappa shape index (κ2) is 7.20. The summed E-state index contributed by atoms with van der Waals surface area (Å²) in [4.78, 5) is 21.6. The van der Waals surface area contributed by atoms with Crippen LogP contribution in [0.5, 0.6) is 0 Å². The summed E-state index contributed by atoms with van der Waals surface area (Å²) in [5.74, 6) is 0.645. The first-order valence-corrected chi connectivity index (χ1v) is 9.77. The van der Waals surface area contributed by atoms with Gasteiger partial charge in [0, 0.05) is 22.5 Å². The van der Waals surface area contributed by atoms with Gasteiger partial charge in [0.25, 0.3) is 5.78 Å². The Bertz CT molecular complexity index is 1220. The molecule has 0 saturated carbocycles. The van der Waals surface area contributed by atoms with E-state index in [-0.39, 0.29) is 5.97 Å². The summed E-state index contributed by atoms with van der Waals surface area (Å²) in [7, 11) is 1.39. The average Bonchev–Trinajstić information content (AvgIpc) is 3.09. The molecule has 4 aromatic rings. The number of ether oxygens (including phenoxy) is 1. The minimum absolute atomic E-state index is 0.383. The lowest BCUT2D eigenvalue weighted by Crippen LogP contribution is -2.10. The van der Waals surface area contributed by atoms with Gasteiger partial charge in [-0.15, -0.1) is 10.2 Å². The monoisotopic (exact) mass is 393 g/mol. The van der Waals surface area contributed by atoms with Crippen LogP contribution in [0.25, 0.3) is 16.7 Å². The van der Waals surface area contributed by atoms with Crippen molar-refractivity contribution in [2.24, 2.45) is 0 Å². The maximum atomic E-state index is 12.4. The van der Waals surface area contributed by atoms with Crippen molar-refractivity contribution >= 4 is 34.4 Å². The lowest BCUT2D eigenvalue weighted by Gasteiger charge is -2.13. The average molecular weight is 393 g/mol. The molecule has 0 aliphatic carbocycles. The van der Waals surface area contributed by atoms with E-state index in [0.29, 0.717) is 27.9 Å². The smallest absolute Gasteiger partial charge is 0.340 e. The lowest BCUT2D eigenvalue weighted by molar-refractivity contribution is 0.0598. The molecule has 1 aromatic carbocycles. The third-order valence-electron chi connectivity index (χ3n) is 4.62. The van der Waals surface area contributed by atoms with Crippen LogP contribution in [-0.2, 0) is 10.5 Å². The third kappa shape index (κ3) is 3.09. The fraction of sp³-hybridized carbons (Fsp3) is 0.250. The Hall–Kier alpha value is -3.00. The molecule has 0 N–H and O–H groups in total. The van der Waals surface area contributed by atoms with Gasteiger partial charge in [-0.05, 0) is 38.5 Å². The van der Waals surface area contributed by atoms with Crippen molar-refractivity contribution in [2.75, 3.05) is 7.11 Å². The Morgan fingerprint density at radius 1 is 1.14 bits per heavy atom. The van der Waals surface area contributed by atoms with Crippen LogP contribution in [-0.4, -0.2) is 37.6 Å². The zero-order valence-corrected chi connectivity index (χ0v) is 16.9. The standard InChI is InChI=1S/C20H19N5O2S/c1-11-9-12(2)25-19(21-11)23-24-20(25)28-10-16-17(18(26)27-4)13(3)14-7-5-6-8-15(14)22-16/h5-9H,10H2,1-4H3. The predicted molar refractivity (Wildman–Crippen MR) is 108 cm³/mol. The van der Waals surface area contributed by atoms with Crippen LogP contribution >= 0.6 is 11.8 Å². The normalized spacial score (nSPS) is 11.3. The van der Waals surface area contributed by atoms with Crippen LogP contribution < -0.4 is 0 Å². The van der Waals surface area contributed by atoms with Crippen molar-refractivity contribution in [3.63, 3.8) is 0 Å². The van der Waals surface area contributed by atoms with Crippen LogP contribution in [0.2, 0.25) is 0 Å². The first kappa shape index (κ1) is 18.4. The second-order valence-corrected chi connectivity index (χ2v) is 7.46. The molecule has 0 saturated heterocycles. The van der Waals surface area contributed by atoms with Crippen molar-refractivity contribution in [3.05, 3.63) is 58.5 Å². The molecular formula is C20H19N5O2S. The Morgan fingerprint density at radius 3 is 2.71 bits per heavy atom. The van der Waals surface area contributed by atoms with Gasteiger partial charge in [0.1, 0.15) is 0 Å². The number of para-hydroxylation sites is 1. The van der Waals surface area contributed by atoms with Gasteiger partial charge in [0.2, 0.25) is 0 Å². The number of rotatable bonds is 4. The Morgan fingerprint density at radius 2 is 1.93 bits per heavy atom. The largest absolute Gasteiger partial charge is 0.465 e. The lowest BCUT2D eigenvalue weighted by atomic mass is 10.0. The number of aryl methyl sites for hydroxylation is 3. The predicted octanol–water partition coefficient (Wildman–Crippen LogP) is 3.68. The molecule has 8 heteroatoms. The summed E-state index contributed by atoms with van der Waals surface area (Å²) in [6.45, 7) is 5.85. The van der Waals surface area contributed by atoms with Crippen LogP contribution in [0.15, 0.2) is 35.5 Å². The van der Waals surface area contributed by atoms with E-state index >= 15 is 0 Å². The van der Waals surface area contributed by atoms with Crippen molar-refractivity contribution < 1.29 is 9.53 Å². The highest BCUT2D eigenvalue weighted by Crippen LogP contribution is 2.29. The first-order chi connectivity index (χ1) is 13.5. The molecule has 0 unspecified atom stereocenters. The molecule has 0 fully saturated rings. The van der Waals surface area contributed by atoms with Gasteiger partial charge in [-0.1, -0.05) is 30.0 Å². The van der Waals surface area contributed by atoms with Crippen LogP contribution in [0.4, 0.5) is 0 Å².